The summed E-state index contributed by atoms with van der Waals surface area (Å²) in [4.78, 5) is 3.98. The van der Waals surface area contributed by atoms with E-state index in [4.69, 9.17) is 5.73 Å². The van der Waals surface area contributed by atoms with E-state index in [0.717, 1.165) is 6.42 Å². The van der Waals surface area contributed by atoms with E-state index in [0.29, 0.717) is 5.92 Å². The van der Waals surface area contributed by atoms with E-state index < -0.39 is 0 Å². The topological polar surface area (TPSA) is 38.4 Å². The minimum atomic E-state index is -0.108. The van der Waals surface area contributed by atoms with Crippen molar-refractivity contribution >= 4 is 6.21 Å². The van der Waals surface area contributed by atoms with Gasteiger partial charge in [-0.05, 0) is 20.3 Å². The SMILES string of the molecule is CC(C)(N)C1C=CN=CC1. The van der Waals surface area contributed by atoms with Crippen LogP contribution in [0, 0.1) is 5.92 Å². The lowest BCUT2D eigenvalue weighted by Crippen LogP contribution is -2.40. The van der Waals surface area contributed by atoms with Crippen molar-refractivity contribution in [1.82, 2.24) is 0 Å². The second kappa shape index (κ2) is 2.54. The third-order valence-electron chi connectivity index (χ3n) is 1.82. The molecule has 2 N–H and O–H groups in total. The molecule has 0 saturated carbocycles. The van der Waals surface area contributed by atoms with E-state index in [-0.39, 0.29) is 5.54 Å². The fraction of sp³-hybridized carbons (Fsp3) is 0.625. The summed E-state index contributed by atoms with van der Waals surface area (Å²) in [6.07, 6.45) is 6.78. The van der Waals surface area contributed by atoms with Crippen LogP contribution < -0.4 is 5.73 Å². The van der Waals surface area contributed by atoms with Gasteiger partial charge in [0.1, 0.15) is 0 Å². The van der Waals surface area contributed by atoms with Crippen LogP contribution in [0.1, 0.15) is 20.3 Å². The predicted molar refractivity (Wildman–Crippen MR) is 44.0 cm³/mol. The largest absolute Gasteiger partial charge is 0.325 e. The average molecular weight is 138 g/mol. The molecule has 0 amide bonds. The highest BCUT2D eigenvalue weighted by atomic mass is 14.7. The summed E-state index contributed by atoms with van der Waals surface area (Å²) in [7, 11) is 0. The minimum absolute atomic E-state index is 0.108. The van der Waals surface area contributed by atoms with Gasteiger partial charge in [-0.15, -0.1) is 0 Å². The zero-order valence-corrected chi connectivity index (χ0v) is 6.54. The van der Waals surface area contributed by atoms with Crippen LogP contribution in [0.25, 0.3) is 0 Å². The number of hydrogen-bond acceptors (Lipinski definition) is 2. The molecule has 0 radical (unpaired) electrons. The first-order chi connectivity index (χ1) is 4.61. The Morgan fingerprint density at radius 2 is 2.30 bits per heavy atom. The van der Waals surface area contributed by atoms with Crippen molar-refractivity contribution < 1.29 is 0 Å². The molecule has 2 nitrogen and oxygen atoms in total. The molecule has 0 aromatic carbocycles. The van der Waals surface area contributed by atoms with Crippen molar-refractivity contribution in [3.05, 3.63) is 12.3 Å². The van der Waals surface area contributed by atoms with E-state index in [9.17, 15) is 0 Å². The van der Waals surface area contributed by atoms with Gasteiger partial charge >= 0.3 is 0 Å². The minimum Gasteiger partial charge on any atom is -0.325 e. The van der Waals surface area contributed by atoms with Gasteiger partial charge in [-0.2, -0.15) is 0 Å². The second-order valence-electron chi connectivity index (χ2n) is 3.34. The third kappa shape index (κ3) is 1.67. The lowest BCUT2D eigenvalue weighted by Gasteiger charge is -2.27. The van der Waals surface area contributed by atoms with Crippen LogP contribution >= 0.6 is 0 Å². The Labute approximate surface area is 61.8 Å². The Hall–Kier alpha value is -0.630. The lowest BCUT2D eigenvalue weighted by atomic mass is 9.85. The molecule has 0 aromatic heterocycles. The number of rotatable bonds is 1. The maximum atomic E-state index is 5.90. The van der Waals surface area contributed by atoms with Crippen LogP contribution in [0.5, 0.6) is 0 Å². The van der Waals surface area contributed by atoms with Crippen LogP contribution in [0.2, 0.25) is 0 Å². The van der Waals surface area contributed by atoms with E-state index >= 15 is 0 Å². The summed E-state index contributed by atoms with van der Waals surface area (Å²) in [6.45, 7) is 4.09. The third-order valence-corrected chi connectivity index (χ3v) is 1.82. The molecule has 0 fully saturated rings. The van der Waals surface area contributed by atoms with Crippen LogP contribution in [-0.4, -0.2) is 11.8 Å². The molecule has 10 heavy (non-hydrogen) atoms. The zero-order valence-electron chi connectivity index (χ0n) is 6.54. The maximum Gasteiger partial charge on any atom is 0.0227 e. The van der Waals surface area contributed by atoms with E-state index in [1.54, 1.807) is 0 Å². The Kier molecular flexibility index (Phi) is 1.90. The van der Waals surface area contributed by atoms with Crippen LogP contribution in [0.15, 0.2) is 17.3 Å². The van der Waals surface area contributed by atoms with Crippen molar-refractivity contribution in [2.75, 3.05) is 0 Å². The second-order valence-corrected chi connectivity index (χ2v) is 3.34. The van der Waals surface area contributed by atoms with E-state index in [1.165, 1.54) is 0 Å². The Morgan fingerprint density at radius 3 is 2.60 bits per heavy atom. The van der Waals surface area contributed by atoms with Crippen LogP contribution in [0.3, 0.4) is 0 Å². The number of hydrogen-bond donors (Lipinski definition) is 1. The van der Waals surface area contributed by atoms with Gasteiger partial charge < -0.3 is 5.73 Å². The molecular weight excluding hydrogens is 124 g/mol. The molecule has 2 heteroatoms. The van der Waals surface area contributed by atoms with E-state index in [2.05, 4.69) is 11.1 Å². The Balaban J connectivity index is 2.60. The average Bonchev–Trinajstić information content (AvgIpc) is 1.88. The molecule has 1 rings (SSSR count). The molecule has 0 bridgehead atoms. The summed E-state index contributed by atoms with van der Waals surface area (Å²) in [5.41, 5.74) is 5.79. The van der Waals surface area contributed by atoms with Crippen LogP contribution in [0.4, 0.5) is 0 Å². The van der Waals surface area contributed by atoms with Gasteiger partial charge in [0.25, 0.3) is 0 Å². The first-order valence-corrected chi connectivity index (χ1v) is 3.58. The Bertz CT molecular complexity index is 163. The highest BCUT2D eigenvalue weighted by molar-refractivity contribution is 5.60. The molecule has 0 saturated heterocycles. The first kappa shape index (κ1) is 7.48. The highest BCUT2D eigenvalue weighted by Crippen LogP contribution is 2.19. The fourth-order valence-corrected chi connectivity index (χ4v) is 1.02. The van der Waals surface area contributed by atoms with Gasteiger partial charge in [0.05, 0.1) is 0 Å². The fourth-order valence-electron chi connectivity index (χ4n) is 1.02. The molecule has 1 heterocycles. The smallest absolute Gasteiger partial charge is 0.0227 e. The summed E-state index contributed by atoms with van der Waals surface area (Å²) >= 11 is 0. The summed E-state index contributed by atoms with van der Waals surface area (Å²) in [5.74, 6) is 0.449. The summed E-state index contributed by atoms with van der Waals surface area (Å²) in [6, 6.07) is 0. The van der Waals surface area contributed by atoms with Gasteiger partial charge in [-0.1, -0.05) is 6.08 Å². The molecule has 1 aliphatic heterocycles. The Morgan fingerprint density at radius 1 is 1.60 bits per heavy atom. The standard InChI is InChI=1S/C8H14N2/c1-8(2,9)7-3-5-10-6-4-7/h3,5-7H,4,9H2,1-2H3. The zero-order chi connectivity index (χ0) is 7.61. The maximum absolute atomic E-state index is 5.90. The molecule has 1 aliphatic rings. The molecule has 0 aliphatic carbocycles. The van der Waals surface area contributed by atoms with Crippen molar-refractivity contribution in [3.8, 4) is 0 Å². The predicted octanol–water partition coefficient (Wildman–Crippen LogP) is 1.33. The number of nitrogens with two attached hydrogens (primary N) is 1. The number of aliphatic imine (C=N–C) groups is 1. The molecule has 0 aromatic rings. The van der Waals surface area contributed by atoms with Gasteiger partial charge in [0, 0.05) is 23.9 Å². The summed E-state index contributed by atoms with van der Waals surface area (Å²) in [5, 5.41) is 0. The monoisotopic (exact) mass is 138 g/mol. The molecule has 1 atom stereocenters. The normalized spacial score (nSPS) is 25.3. The van der Waals surface area contributed by atoms with Gasteiger partial charge in [-0.3, -0.25) is 4.99 Å². The van der Waals surface area contributed by atoms with Crippen molar-refractivity contribution in [2.45, 2.75) is 25.8 Å². The summed E-state index contributed by atoms with van der Waals surface area (Å²) < 4.78 is 0. The quantitative estimate of drug-likeness (QED) is 0.583. The van der Waals surface area contributed by atoms with Crippen molar-refractivity contribution in [2.24, 2.45) is 16.6 Å². The highest BCUT2D eigenvalue weighted by Gasteiger charge is 2.22. The van der Waals surface area contributed by atoms with E-state index in [1.807, 2.05) is 26.3 Å². The van der Waals surface area contributed by atoms with Gasteiger partial charge in [0.2, 0.25) is 0 Å². The molecular formula is C8H14N2. The van der Waals surface area contributed by atoms with Crippen LogP contribution in [-0.2, 0) is 0 Å². The first-order valence-electron chi connectivity index (χ1n) is 3.58. The molecule has 56 valence electrons. The lowest BCUT2D eigenvalue weighted by molar-refractivity contribution is 0.391. The molecule has 1 unspecified atom stereocenters. The number of nitrogens with zero attached hydrogens (tertiary/aromatic N) is 1. The van der Waals surface area contributed by atoms with Crippen molar-refractivity contribution in [1.29, 1.82) is 0 Å². The van der Waals surface area contributed by atoms with Gasteiger partial charge in [0.15, 0.2) is 0 Å². The van der Waals surface area contributed by atoms with Crippen molar-refractivity contribution in [3.63, 3.8) is 0 Å². The molecule has 0 spiro atoms. The van der Waals surface area contributed by atoms with Gasteiger partial charge in [-0.25, -0.2) is 0 Å².